The summed E-state index contributed by atoms with van der Waals surface area (Å²) >= 11 is 0. The van der Waals surface area contributed by atoms with Crippen molar-refractivity contribution in [3.63, 3.8) is 0 Å². The van der Waals surface area contributed by atoms with Crippen LogP contribution in [-0.2, 0) is 4.79 Å². The monoisotopic (exact) mass is 479 g/mol. The molecule has 6 nitrogen and oxygen atoms in total. The van der Waals surface area contributed by atoms with Crippen LogP contribution in [0.15, 0.2) is 4.99 Å². The second-order valence-corrected chi connectivity index (χ2v) is 7.67. The van der Waals surface area contributed by atoms with E-state index >= 15 is 0 Å². The van der Waals surface area contributed by atoms with Crippen molar-refractivity contribution in [2.45, 2.75) is 58.9 Å². The molecule has 2 aliphatic rings. The zero-order valence-electron chi connectivity index (χ0n) is 16.8. The van der Waals surface area contributed by atoms with Gasteiger partial charge in [0.2, 0.25) is 5.91 Å². The van der Waals surface area contributed by atoms with Crippen LogP contribution in [0.25, 0.3) is 0 Å². The molecule has 2 N–H and O–H groups in total. The van der Waals surface area contributed by atoms with Gasteiger partial charge in [-0.1, -0.05) is 13.8 Å². The minimum atomic E-state index is 0. The van der Waals surface area contributed by atoms with E-state index in [0.717, 1.165) is 57.9 Å². The largest absolute Gasteiger partial charge is 0.357 e. The molecule has 2 heterocycles. The maximum absolute atomic E-state index is 11.6. The number of hydrogen-bond donors (Lipinski definition) is 2. The lowest BCUT2D eigenvalue weighted by Gasteiger charge is -2.25. The normalized spacial score (nSPS) is 21.4. The molecule has 1 atom stereocenters. The molecule has 0 saturated carbocycles. The third-order valence-electron chi connectivity index (χ3n) is 4.97. The highest BCUT2D eigenvalue weighted by Gasteiger charge is 2.24. The second-order valence-electron chi connectivity index (χ2n) is 7.67. The third-order valence-corrected chi connectivity index (χ3v) is 4.97. The van der Waals surface area contributed by atoms with Gasteiger partial charge in [-0.15, -0.1) is 24.0 Å². The van der Waals surface area contributed by atoms with Crippen molar-refractivity contribution in [1.29, 1.82) is 0 Å². The first-order valence-corrected chi connectivity index (χ1v) is 10.1. The smallest absolute Gasteiger partial charge is 0.222 e. The Kier molecular flexibility index (Phi) is 11.5. The summed E-state index contributed by atoms with van der Waals surface area (Å²) in [6.45, 7) is 13.4. The number of carbonyl (C=O) groups excluding carboxylic acids is 1. The summed E-state index contributed by atoms with van der Waals surface area (Å²) in [4.78, 5) is 21.0. The van der Waals surface area contributed by atoms with Gasteiger partial charge in [-0.25, -0.2) is 0 Å². The topological polar surface area (TPSA) is 60.0 Å². The van der Waals surface area contributed by atoms with Crippen molar-refractivity contribution < 1.29 is 4.79 Å². The predicted molar refractivity (Wildman–Crippen MR) is 119 cm³/mol. The standard InChI is InChI=1S/C19H37N5O.HI/c1-4-20-19(21-10-7-13-23-11-6-9-18(23)25)22-14-17-8-5-12-24(17)15-16(2)3;/h16-17H,4-15H2,1-3H3,(H2,20,21,22);1H/t17-;/m1./s1. The van der Waals surface area contributed by atoms with Gasteiger partial charge in [0.05, 0.1) is 6.54 Å². The molecule has 1 amide bonds. The van der Waals surface area contributed by atoms with Gasteiger partial charge in [0, 0.05) is 45.2 Å². The van der Waals surface area contributed by atoms with E-state index in [4.69, 9.17) is 4.99 Å². The van der Waals surface area contributed by atoms with Crippen molar-refractivity contribution in [3.05, 3.63) is 0 Å². The van der Waals surface area contributed by atoms with E-state index in [1.807, 2.05) is 4.90 Å². The highest BCUT2D eigenvalue weighted by molar-refractivity contribution is 14.0. The highest BCUT2D eigenvalue weighted by atomic mass is 127. The van der Waals surface area contributed by atoms with E-state index in [0.29, 0.717) is 17.9 Å². The lowest BCUT2D eigenvalue weighted by Crippen LogP contribution is -2.40. The van der Waals surface area contributed by atoms with E-state index in [-0.39, 0.29) is 24.0 Å². The summed E-state index contributed by atoms with van der Waals surface area (Å²) in [6, 6.07) is 0.583. The number of hydrogen-bond acceptors (Lipinski definition) is 3. The average molecular weight is 479 g/mol. The SMILES string of the molecule is CCNC(=NC[C@H]1CCCN1CC(C)C)NCCCN1CCCC1=O.I. The molecule has 0 bridgehead atoms. The summed E-state index contributed by atoms with van der Waals surface area (Å²) in [5.74, 6) is 1.93. The van der Waals surface area contributed by atoms with Crippen LogP contribution in [0.1, 0.15) is 52.9 Å². The summed E-state index contributed by atoms with van der Waals surface area (Å²) in [5.41, 5.74) is 0. The van der Waals surface area contributed by atoms with E-state index in [2.05, 4.69) is 36.3 Å². The fraction of sp³-hybridized carbons (Fsp3) is 0.895. The lowest BCUT2D eigenvalue weighted by molar-refractivity contribution is -0.127. The quantitative estimate of drug-likeness (QED) is 0.231. The number of rotatable bonds is 9. The molecule has 0 aromatic rings. The van der Waals surface area contributed by atoms with Crippen LogP contribution in [0, 0.1) is 5.92 Å². The molecular formula is C19H38IN5O. The van der Waals surface area contributed by atoms with E-state index in [1.54, 1.807) is 0 Å². The van der Waals surface area contributed by atoms with Gasteiger partial charge in [-0.3, -0.25) is 14.7 Å². The molecule has 0 aromatic carbocycles. The van der Waals surface area contributed by atoms with Crippen LogP contribution in [0.2, 0.25) is 0 Å². The molecule has 152 valence electrons. The highest BCUT2D eigenvalue weighted by Crippen LogP contribution is 2.18. The van der Waals surface area contributed by atoms with Gasteiger partial charge in [-0.05, 0) is 45.1 Å². The number of amides is 1. The van der Waals surface area contributed by atoms with Gasteiger partial charge < -0.3 is 15.5 Å². The molecule has 0 aliphatic carbocycles. The van der Waals surface area contributed by atoms with E-state index < -0.39 is 0 Å². The Hall–Kier alpha value is -0.570. The fourth-order valence-corrected chi connectivity index (χ4v) is 3.77. The Morgan fingerprint density at radius 2 is 2.08 bits per heavy atom. The number of guanidine groups is 1. The molecular weight excluding hydrogens is 441 g/mol. The Morgan fingerprint density at radius 3 is 2.73 bits per heavy atom. The summed E-state index contributed by atoms with van der Waals surface area (Å²) in [6.07, 6.45) is 5.27. The van der Waals surface area contributed by atoms with Crippen LogP contribution in [0.4, 0.5) is 0 Å². The molecule has 2 rings (SSSR count). The molecule has 2 saturated heterocycles. The first-order valence-electron chi connectivity index (χ1n) is 10.1. The number of aliphatic imine (C=N–C) groups is 1. The lowest BCUT2D eigenvalue weighted by atomic mass is 10.2. The Balaban J connectivity index is 0.00000338. The maximum atomic E-state index is 11.6. The number of nitrogens with one attached hydrogen (secondary N) is 2. The average Bonchev–Trinajstić information content (AvgIpc) is 3.17. The van der Waals surface area contributed by atoms with E-state index in [1.165, 1.54) is 25.9 Å². The molecule has 0 aromatic heterocycles. The Bertz CT molecular complexity index is 444. The zero-order chi connectivity index (χ0) is 18.1. The van der Waals surface area contributed by atoms with Crippen LogP contribution in [-0.4, -0.2) is 73.5 Å². The number of halogens is 1. The van der Waals surface area contributed by atoms with E-state index in [9.17, 15) is 4.79 Å². The molecule has 0 spiro atoms. The molecule has 2 fully saturated rings. The van der Waals surface area contributed by atoms with Gasteiger partial charge in [-0.2, -0.15) is 0 Å². The zero-order valence-corrected chi connectivity index (χ0v) is 19.1. The number of likely N-dealkylation sites (tertiary alicyclic amines) is 2. The van der Waals surface area contributed by atoms with Crippen LogP contribution in [0.5, 0.6) is 0 Å². The van der Waals surface area contributed by atoms with Crippen LogP contribution < -0.4 is 10.6 Å². The van der Waals surface area contributed by atoms with Gasteiger partial charge in [0.15, 0.2) is 5.96 Å². The molecule has 0 unspecified atom stereocenters. The molecule has 7 heteroatoms. The van der Waals surface area contributed by atoms with Crippen LogP contribution >= 0.6 is 24.0 Å². The maximum Gasteiger partial charge on any atom is 0.222 e. The van der Waals surface area contributed by atoms with Gasteiger partial charge in [0.25, 0.3) is 0 Å². The second kappa shape index (κ2) is 12.8. The number of nitrogens with zero attached hydrogens (tertiary/aromatic N) is 3. The summed E-state index contributed by atoms with van der Waals surface area (Å²) < 4.78 is 0. The van der Waals surface area contributed by atoms with Crippen molar-refractivity contribution in [2.75, 3.05) is 45.8 Å². The molecule has 2 aliphatic heterocycles. The van der Waals surface area contributed by atoms with Crippen molar-refractivity contribution in [3.8, 4) is 0 Å². The minimum Gasteiger partial charge on any atom is -0.357 e. The predicted octanol–water partition coefficient (Wildman–Crippen LogP) is 2.29. The molecule has 0 radical (unpaired) electrons. The van der Waals surface area contributed by atoms with Crippen molar-refractivity contribution in [2.24, 2.45) is 10.9 Å². The van der Waals surface area contributed by atoms with Crippen molar-refractivity contribution >= 4 is 35.8 Å². The Morgan fingerprint density at radius 1 is 1.27 bits per heavy atom. The summed E-state index contributed by atoms with van der Waals surface area (Å²) in [7, 11) is 0. The first kappa shape index (κ1) is 23.5. The summed E-state index contributed by atoms with van der Waals surface area (Å²) in [5, 5.41) is 6.76. The first-order chi connectivity index (χ1) is 12.1. The minimum absolute atomic E-state index is 0. The van der Waals surface area contributed by atoms with Crippen LogP contribution in [0.3, 0.4) is 0 Å². The third kappa shape index (κ3) is 7.98. The van der Waals surface area contributed by atoms with Crippen molar-refractivity contribution in [1.82, 2.24) is 20.4 Å². The van der Waals surface area contributed by atoms with Gasteiger partial charge >= 0.3 is 0 Å². The Labute approximate surface area is 176 Å². The fourth-order valence-electron chi connectivity index (χ4n) is 3.77. The molecule has 26 heavy (non-hydrogen) atoms. The van der Waals surface area contributed by atoms with Gasteiger partial charge in [0.1, 0.15) is 0 Å². The number of carbonyl (C=O) groups is 1.